The average molecular weight is 284 g/mol. The SMILES string of the molecule is Cc1nccn1-c1ccc(/C=C/C(=O)CCC(=O)O)cc1. The molecule has 0 unspecified atom stereocenters. The number of carboxylic acids is 1. The zero-order valence-electron chi connectivity index (χ0n) is 11.7. The van der Waals surface area contributed by atoms with Gasteiger partial charge in [0.25, 0.3) is 0 Å². The van der Waals surface area contributed by atoms with Crippen molar-refractivity contribution in [3.63, 3.8) is 0 Å². The van der Waals surface area contributed by atoms with Gasteiger partial charge >= 0.3 is 5.97 Å². The van der Waals surface area contributed by atoms with E-state index < -0.39 is 5.97 Å². The van der Waals surface area contributed by atoms with Gasteiger partial charge in [0.05, 0.1) is 6.42 Å². The van der Waals surface area contributed by atoms with Crippen molar-refractivity contribution < 1.29 is 14.7 Å². The van der Waals surface area contributed by atoms with E-state index in [1.54, 1.807) is 12.3 Å². The molecule has 0 fully saturated rings. The van der Waals surface area contributed by atoms with Crippen LogP contribution in [0.5, 0.6) is 0 Å². The van der Waals surface area contributed by atoms with Crippen LogP contribution in [-0.2, 0) is 9.59 Å². The molecule has 108 valence electrons. The molecular formula is C16H16N2O3. The lowest BCUT2D eigenvalue weighted by atomic mass is 10.1. The Morgan fingerprint density at radius 2 is 1.95 bits per heavy atom. The Balaban J connectivity index is 2.01. The molecule has 1 aromatic heterocycles. The van der Waals surface area contributed by atoms with E-state index in [2.05, 4.69) is 4.98 Å². The molecule has 0 radical (unpaired) electrons. The molecule has 0 aliphatic rings. The summed E-state index contributed by atoms with van der Waals surface area (Å²) in [7, 11) is 0. The van der Waals surface area contributed by atoms with Crippen LogP contribution in [0.25, 0.3) is 11.8 Å². The van der Waals surface area contributed by atoms with Crippen molar-refractivity contribution in [1.82, 2.24) is 9.55 Å². The lowest BCUT2D eigenvalue weighted by molar-refractivity contribution is -0.138. The predicted octanol–water partition coefficient (Wildman–Crippen LogP) is 2.63. The average Bonchev–Trinajstić information content (AvgIpc) is 2.89. The monoisotopic (exact) mass is 284 g/mol. The first-order chi connectivity index (χ1) is 10.1. The highest BCUT2D eigenvalue weighted by atomic mass is 16.4. The number of ketones is 1. The second-order valence-electron chi connectivity index (χ2n) is 4.63. The van der Waals surface area contributed by atoms with Crippen molar-refractivity contribution in [2.24, 2.45) is 0 Å². The number of carbonyl (C=O) groups is 2. The van der Waals surface area contributed by atoms with E-state index >= 15 is 0 Å². The topological polar surface area (TPSA) is 72.2 Å². The molecule has 0 saturated carbocycles. The minimum absolute atomic E-state index is 0.0259. The van der Waals surface area contributed by atoms with Crippen LogP contribution in [0, 0.1) is 6.92 Å². The first kappa shape index (κ1) is 14.7. The van der Waals surface area contributed by atoms with E-state index in [4.69, 9.17) is 5.11 Å². The summed E-state index contributed by atoms with van der Waals surface area (Å²) < 4.78 is 1.96. The maximum absolute atomic E-state index is 11.5. The van der Waals surface area contributed by atoms with Gasteiger partial charge in [0.1, 0.15) is 5.82 Å². The number of carbonyl (C=O) groups excluding carboxylic acids is 1. The van der Waals surface area contributed by atoms with Gasteiger partial charge in [-0.05, 0) is 30.7 Å². The van der Waals surface area contributed by atoms with E-state index in [-0.39, 0.29) is 18.6 Å². The van der Waals surface area contributed by atoms with Crippen molar-refractivity contribution in [3.05, 3.63) is 54.1 Å². The fraction of sp³-hybridized carbons (Fsp3) is 0.188. The quantitative estimate of drug-likeness (QED) is 0.828. The highest BCUT2D eigenvalue weighted by Crippen LogP contribution is 2.12. The van der Waals surface area contributed by atoms with E-state index in [1.165, 1.54) is 6.08 Å². The molecule has 1 N–H and O–H groups in total. The van der Waals surface area contributed by atoms with Gasteiger partial charge in [-0.2, -0.15) is 0 Å². The summed E-state index contributed by atoms with van der Waals surface area (Å²) in [5.74, 6) is -0.245. The zero-order valence-corrected chi connectivity index (χ0v) is 11.7. The number of carboxylic acid groups (broad SMARTS) is 1. The van der Waals surface area contributed by atoms with Gasteiger partial charge < -0.3 is 9.67 Å². The van der Waals surface area contributed by atoms with E-state index in [0.29, 0.717) is 0 Å². The number of hydrogen-bond acceptors (Lipinski definition) is 3. The molecule has 1 aromatic carbocycles. The number of aromatic nitrogens is 2. The molecule has 21 heavy (non-hydrogen) atoms. The van der Waals surface area contributed by atoms with E-state index in [1.807, 2.05) is 42.0 Å². The number of benzene rings is 1. The number of hydrogen-bond donors (Lipinski definition) is 1. The smallest absolute Gasteiger partial charge is 0.303 e. The van der Waals surface area contributed by atoms with Gasteiger partial charge in [-0.3, -0.25) is 9.59 Å². The third-order valence-corrected chi connectivity index (χ3v) is 3.04. The maximum Gasteiger partial charge on any atom is 0.303 e. The fourth-order valence-electron chi connectivity index (χ4n) is 1.90. The van der Waals surface area contributed by atoms with Crippen LogP contribution in [-0.4, -0.2) is 26.4 Å². The first-order valence-corrected chi connectivity index (χ1v) is 6.59. The van der Waals surface area contributed by atoms with E-state index in [0.717, 1.165) is 17.1 Å². The number of imidazole rings is 1. The third kappa shape index (κ3) is 4.14. The van der Waals surface area contributed by atoms with Gasteiger partial charge in [0.15, 0.2) is 5.78 Å². The highest BCUT2D eigenvalue weighted by Gasteiger charge is 2.02. The normalized spacial score (nSPS) is 10.9. The molecular weight excluding hydrogens is 268 g/mol. The Morgan fingerprint density at radius 3 is 2.52 bits per heavy atom. The summed E-state index contributed by atoms with van der Waals surface area (Å²) >= 11 is 0. The summed E-state index contributed by atoms with van der Waals surface area (Å²) in [5, 5.41) is 8.51. The maximum atomic E-state index is 11.5. The Kier molecular flexibility index (Phi) is 4.66. The molecule has 0 bridgehead atoms. The van der Waals surface area contributed by atoms with Crippen LogP contribution in [0.3, 0.4) is 0 Å². The molecule has 0 atom stereocenters. The molecule has 5 nitrogen and oxygen atoms in total. The third-order valence-electron chi connectivity index (χ3n) is 3.04. The van der Waals surface area contributed by atoms with Crippen LogP contribution in [0.15, 0.2) is 42.7 Å². The van der Waals surface area contributed by atoms with Gasteiger partial charge in [0, 0.05) is 24.5 Å². The van der Waals surface area contributed by atoms with Gasteiger partial charge in [-0.15, -0.1) is 0 Å². The van der Waals surface area contributed by atoms with Gasteiger partial charge in [-0.1, -0.05) is 18.2 Å². The second-order valence-corrected chi connectivity index (χ2v) is 4.63. The van der Waals surface area contributed by atoms with Crippen molar-refractivity contribution >= 4 is 17.8 Å². The molecule has 5 heteroatoms. The Bertz CT molecular complexity index is 669. The van der Waals surface area contributed by atoms with Crippen molar-refractivity contribution in [2.45, 2.75) is 19.8 Å². The summed E-state index contributed by atoms with van der Waals surface area (Å²) in [4.78, 5) is 26.0. The van der Waals surface area contributed by atoms with E-state index in [9.17, 15) is 9.59 Å². The molecule has 0 saturated heterocycles. The lowest BCUT2D eigenvalue weighted by Crippen LogP contribution is -2.00. The number of aryl methyl sites for hydroxylation is 1. The van der Waals surface area contributed by atoms with Crippen LogP contribution in [0.1, 0.15) is 24.2 Å². The molecule has 1 heterocycles. The van der Waals surface area contributed by atoms with Gasteiger partial charge in [-0.25, -0.2) is 4.98 Å². The second kappa shape index (κ2) is 6.65. The highest BCUT2D eigenvalue weighted by molar-refractivity contribution is 5.95. The van der Waals surface area contributed by atoms with Crippen molar-refractivity contribution in [1.29, 1.82) is 0 Å². The van der Waals surface area contributed by atoms with Crippen LogP contribution in [0.4, 0.5) is 0 Å². The number of nitrogens with zero attached hydrogens (tertiary/aromatic N) is 2. The minimum atomic E-state index is -0.961. The van der Waals surface area contributed by atoms with Crippen LogP contribution >= 0.6 is 0 Å². The molecule has 0 aliphatic heterocycles. The molecule has 0 spiro atoms. The Hall–Kier alpha value is -2.69. The lowest BCUT2D eigenvalue weighted by Gasteiger charge is -2.04. The number of rotatable bonds is 6. The fourth-order valence-corrected chi connectivity index (χ4v) is 1.90. The van der Waals surface area contributed by atoms with Gasteiger partial charge in [0.2, 0.25) is 0 Å². The van der Waals surface area contributed by atoms with Crippen LogP contribution in [0.2, 0.25) is 0 Å². The summed E-state index contributed by atoms with van der Waals surface area (Å²) in [5.41, 5.74) is 1.89. The summed E-state index contributed by atoms with van der Waals surface area (Å²) in [6.45, 7) is 1.93. The van der Waals surface area contributed by atoms with Crippen LogP contribution < -0.4 is 0 Å². The molecule has 0 aliphatic carbocycles. The minimum Gasteiger partial charge on any atom is -0.481 e. The van der Waals surface area contributed by atoms with Crippen molar-refractivity contribution in [2.75, 3.05) is 0 Å². The van der Waals surface area contributed by atoms with Crippen molar-refractivity contribution in [3.8, 4) is 5.69 Å². The molecule has 2 rings (SSSR count). The first-order valence-electron chi connectivity index (χ1n) is 6.59. The zero-order chi connectivity index (χ0) is 15.2. The molecule has 2 aromatic rings. The standard InChI is InChI=1S/C16H16N2O3/c1-12-17-10-11-18(12)14-5-2-13(3-6-14)4-7-15(19)8-9-16(20)21/h2-7,10-11H,8-9H2,1H3,(H,20,21)/b7-4+. The predicted molar refractivity (Wildman–Crippen MR) is 79.2 cm³/mol. The largest absolute Gasteiger partial charge is 0.481 e. The Morgan fingerprint density at radius 1 is 1.24 bits per heavy atom. The Labute approximate surface area is 122 Å². The molecule has 0 amide bonds. The number of aliphatic carboxylic acids is 1. The summed E-state index contributed by atoms with van der Waals surface area (Å²) in [6.07, 6.45) is 6.62. The number of allylic oxidation sites excluding steroid dienone is 1. The summed E-state index contributed by atoms with van der Waals surface area (Å²) in [6, 6.07) is 7.68.